The lowest BCUT2D eigenvalue weighted by molar-refractivity contribution is 1.32. The van der Waals surface area contributed by atoms with Gasteiger partial charge < -0.3 is 0 Å². The number of thiazole rings is 1. The molecule has 1 aromatic heterocycles. The number of nitrogens with zero attached hydrogens (tertiary/aromatic N) is 2. The highest BCUT2D eigenvalue weighted by molar-refractivity contribution is 7.10. The summed E-state index contributed by atoms with van der Waals surface area (Å²) < 4.78 is 0. The number of hydrogen-bond acceptors (Lipinski definition) is 3. The van der Waals surface area contributed by atoms with Gasteiger partial charge in [-0.1, -0.05) is 0 Å². The Labute approximate surface area is 56.6 Å². The van der Waals surface area contributed by atoms with Crippen molar-refractivity contribution in [3.8, 4) is 0 Å². The molecule has 0 unspecified atom stereocenters. The molecule has 2 heterocycles. The van der Waals surface area contributed by atoms with Gasteiger partial charge in [0.05, 0.1) is 15.4 Å². The number of hydrogen-bond donors (Lipinski definition) is 0. The highest BCUT2D eigenvalue weighted by atomic mass is 32.1. The molecule has 0 fully saturated rings. The van der Waals surface area contributed by atoms with Crippen LogP contribution < -0.4 is 4.99 Å². The van der Waals surface area contributed by atoms with Crippen molar-refractivity contribution < 1.29 is 0 Å². The largest absolute Gasteiger partial charge is 0.269 e. The minimum atomic E-state index is 0.988. The van der Waals surface area contributed by atoms with Crippen LogP contribution in [0.1, 0.15) is 10.6 Å². The van der Waals surface area contributed by atoms with Crippen LogP contribution in [-0.2, 0) is 0 Å². The van der Waals surface area contributed by atoms with Crippen molar-refractivity contribution in [2.24, 2.45) is 0 Å². The quantitative estimate of drug-likeness (QED) is 0.520. The molecule has 2 rings (SSSR count). The van der Waals surface area contributed by atoms with E-state index < -0.39 is 0 Å². The summed E-state index contributed by atoms with van der Waals surface area (Å²) in [6.07, 6.45) is 5.51. The van der Waals surface area contributed by atoms with Crippen molar-refractivity contribution in [3.05, 3.63) is 22.3 Å². The Morgan fingerprint density at radius 3 is 3.44 bits per heavy atom. The van der Waals surface area contributed by atoms with Gasteiger partial charge in [-0.15, -0.1) is 11.3 Å². The zero-order valence-corrected chi connectivity index (χ0v) is 5.43. The second kappa shape index (κ2) is 1.77. The highest BCUT2D eigenvalue weighted by Gasteiger charge is 2.08. The van der Waals surface area contributed by atoms with Crippen LogP contribution in [0.5, 0.6) is 0 Å². The summed E-state index contributed by atoms with van der Waals surface area (Å²) in [5.41, 5.74) is 2.81. The van der Waals surface area contributed by atoms with Crippen molar-refractivity contribution in [3.63, 3.8) is 0 Å². The third-order valence-electron chi connectivity index (χ3n) is 1.13. The zero-order chi connectivity index (χ0) is 6.10. The molecule has 3 heteroatoms. The van der Waals surface area contributed by atoms with E-state index in [1.807, 2.05) is 11.6 Å². The fraction of sp³-hybridized carbons (Fsp3) is 0. The summed E-state index contributed by atoms with van der Waals surface area (Å²) in [6, 6.07) is 0. The summed E-state index contributed by atoms with van der Waals surface area (Å²) in [4.78, 5) is 9.20. The number of aromatic nitrogens is 1. The molecular weight excluding hydrogens is 132 g/mol. The molecule has 1 radical (unpaired) electrons. The van der Waals surface area contributed by atoms with E-state index in [0.29, 0.717) is 0 Å². The second-order valence-electron chi connectivity index (χ2n) is 1.70. The predicted molar refractivity (Wildman–Crippen MR) is 38.4 cm³/mol. The van der Waals surface area contributed by atoms with E-state index in [1.165, 1.54) is 4.88 Å². The first-order valence-electron chi connectivity index (χ1n) is 2.60. The molecule has 0 saturated heterocycles. The van der Waals surface area contributed by atoms with Crippen LogP contribution >= 0.6 is 11.3 Å². The lowest BCUT2D eigenvalue weighted by atomic mass is 10.3. The average molecular weight is 136 g/mol. The molecule has 0 amide bonds. The van der Waals surface area contributed by atoms with Gasteiger partial charge in [-0.05, 0) is 0 Å². The predicted octanol–water partition coefficient (Wildman–Crippen LogP) is 0.882. The molecular formula is C6H4N2S+. The lowest BCUT2D eigenvalue weighted by Crippen LogP contribution is -1.93. The first kappa shape index (κ1) is 4.88. The highest BCUT2D eigenvalue weighted by Crippen LogP contribution is 2.13. The molecule has 0 spiro atoms. The van der Waals surface area contributed by atoms with Crippen molar-refractivity contribution in [2.45, 2.75) is 0 Å². The Morgan fingerprint density at radius 2 is 2.56 bits per heavy atom. The molecule has 1 aliphatic rings. The molecule has 0 aromatic carbocycles. The maximum absolute atomic E-state index is 4.07. The SMILES string of the molecule is C1=Cc2scnc2C=[N+]1. The van der Waals surface area contributed by atoms with Crippen LogP contribution in [0.4, 0.5) is 0 Å². The van der Waals surface area contributed by atoms with Crippen molar-refractivity contribution in [1.29, 1.82) is 0 Å². The fourth-order valence-electron chi connectivity index (χ4n) is 0.710. The van der Waals surface area contributed by atoms with Crippen molar-refractivity contribution in [1.82, 2.24) is 9.98 Å². The summed E-state index contributed by atoms with van der Waals surface area (Å²) in [6.45, 7) is 0. The Kier molecular flexibility index (Phi) is 0.960. The molecule has 2 nitrogen and oxygen atoms in total. The summed E-state index contributed by atoms with van der Waals surface area (Å²) in [7, 11) is 0. The van der Waals surface area contributed by atoms with E-state index in [1.54, 1.807) is 23.8 Å². The van der Waals surface area contributed by atoms with E-state index in [9.17, 15) is 0 Å². The second-order valence-corrected chi connectivity index (χ2v) is 2.58. The molecule has 0 saturated carbocycles. The number of fused-ring (bicyclic) bond motifs is 1. The maximum Gasteiger partial charge on any atom is 0.269 e. The van der Waals surface area contributed by atoms with Crippen LogP contribution in [0.15, 0.2) is 11.7 Å². The topological polar surface area (TPSA) is 27.0 Å². The van der Waals surface area contributed by atoms with Crippen LogP contribution in [0.2, 0.25) is 0 Å². The van der Waals surface area contributed by atoms with Crippen molar-refractivity contribution in [2.75, 3.05) is 0 Å². The molecule has 0 aliphatic carbocycles. The molecule has 0 bridgehead atoms. The van der Waals surface area contributed by atoms with Gasteiger partial charge in [0.2, 0.25) is 6.20 Å². The molecule has 1 aliphatic heterocycles. The van der Waals surface area contributed by atoms with Gasteiger partial charge in [0, 0.05) is 6.08 Å². The van der Waals surface area contributed by atoms with E-state index in [4.69, 9.17) is 0 Å². The molecule has 1 aromatic rings. The van der Waals surface area contributed by atoms with Crippen LogP contribution in [-0.4, -0.2) is 11.2 Å². The van der Waals surface area contributed by atoms with Gasteiger partial charge >= 0.3 is 0 Å². The Morgan fingerprint density at radius 1 is 1.56 bits per heavy atom. The van der Waals surface area contributed by atoms with E-state index in [0.717, 1.165) is 5.69 Å². The van der Waals surface area contributed by atoms with E-state index in [-0.39, 0.29) is 0 Å². The fourth-order valence-corrected chi connectivity index (χ4v) is 1.36. The molecule has 43 valence electrons. The minimum Gasteiger partial charge on any atom is -0.238 e. The van der Waals surface area contributed by atoms with Crippen LogP contribution in [0.25, 0.3) is 6.08 Å². The summed E-state index contributed by atoms with van der Waals surface area (Å²) in [5.74, 6) is 0. The lowest BCUT2D eigenvalue weighted by Gasteiger charge is -1.81. The average Bonchev–Trinajstić information content (AvgIpc) is 2.33. The van der Waals surface area contributed by atoms with Gasteiger partial charge in [-0.2, -0.15) is 0 Å². The zero-order valence-electron chi connectivity index (χ0n) is 4.61. The van der Waals surface area contributed by atoms with E-state index >= 15 is 0 Å². The third-order valence-corrected chi connectivity index (χ3v) is 1.94. The van der Waals surface area contributed by atoms with Crippen molar-refractivity contribution >= 4 is 23.6 Å². The molecule has 0 atom stereocenters. The van der Waals surface area contributed by atoms with Crippen LogP contribution in [0, 0.1) is 0 Å². The smallest absolute Gasteiger partial charge is 0.238 e. The first-order valence-corrected chi connectivity index (χ1v) is 3.48. The van der Waals surface area contributed by atoms with Crippen LogP contribution in [0.3, 0.4) is 0 Å². The molecule has 9 heavy (non-hydrogen) atoms. The number of aliphatic imine (C=N–C) groups is 1. The summed E-state index contributed by atoms with van der Waals surface area (Å²) in [5, 5.41) is 0. The van der Waals surface area contributed by atoms with Gasteiger partial charge in [-0.25, -0.2) is 4.98 Å². The van der Waals surface area contributed by atoms with Gasteiger partial charge in [0.25, 0.3) is 6.21 Å². The normalized spacial score (nSPS) is 13.8. The summed E-state index contributed by atoms with van der Waals surface area (Å²) >= 11 is 1.64. The van der Waals surface area contributed by atoms with Gasteiger partial charge in [-0.3, -0.25) is 0 Å². The maximum atomic E-state index is 4.07. The number of rotatable bonds is 0. The Hall–Kier alpha value is -0.960. The standard InChI is InChI=1S/C6H4N2S/c1-2-7-3-5-6(1)9-4-8-5/h1-4H/q+1. The van der Waals surface area contributed by atoms with Gasteiger partial charge in [0.1, 0.15) is 0 Å². The minimum absolute atomic E-state index is 0.988. The van der Waals surface area contributed by atoms with Gasteiger partial charge in [0.15, 0.2) is 5.69 Å². The molecule has 0 N–H and O–H groups in total. The first-order chi connectivity index (χ1) is 4.47. The monoisotopic (exact) mass is 136 g/mol. The third kappa shape index (κ3) is 0.695. The Bertz CT molecular complexity index is 246. The Balaban J connectivity index is 2.68. The van der Waals surface area contributed by atoms with E-state index in [2.05, 4.69) is 9.98 Å².